The zero-order chi connectivity index (χ0) is 11.7. The minimum atomic E-state index is 0.496. The lowest BCUT2D eigenvalue weighted by molar-refractivity contribution is 0.186. The number of aromatic nitrogens is 1. The molecule has 0 N–H and O–H groups in total. The van der Waals surface area contributed by atoms with Crippen molar-refractivity contribution in [2.24, 2.45) is 0 Å². The van der Waals surface area contributed by atoms with Gasteiger partial charge in [-0.15, -0.1) is 0 Å². The third-order valence-electron chi connectivity index (χ3n) is 2.44. The summed E-state index contributed by atoms with van der Waals surface area (Å²) < 4.78 is 6.20. The first-order chi connectivity index (χ1) is 7.61. The van der Waals surface area contributed by atoms with Gasteiger partial charge < -0.3 is 4.74 Å². The molecule has 0 radical (unpaired) electrons. The topological polar surface area (TPSA) is 22.1 Å². The number of pyridine rings is 1. The van der Waals surface area contributed by atoms with Crippen molar-refractivity contribution in [3.63, 3.8) is 0 Å². The smallest absolute Gasteiger partial charge is 0.130 e. The van der Waals surface area contributed by atoms with Crippen LogP contribution >= 0.6 is 27.5 Å². The largest absolute Gasteiger partial charge is 0.380 e. The molecule has 0 spiro atoms. The predicted molar refractivity (Wildman–Crippen MR) is 69.9 cm³/mol. The van der Waals surface area contributed by atoms with E-state index in [0.29, 0.717) is 11.8 Å². The minimum absolute atomic E-state index is 0.496. The number of fused-ring (bicyclic) bond motifs is 1. The summed E-state index contributed by atoms with van der Waals surface area (Å²) in [5.74, 6) is 0. The van der Waals surface area contributed by atoms with Crippen molar-refractivity contribution in [3.05, 3.63) is 39.0 Å². The molecule has 0 saturated carbocycles. The summed E-state index contributed by atoms with van der Waals surface area (Å²) in [4.78, 5) is 4.30. The molecule has 2 aromatic rings. The number of rotatable bonds is 2. The third kappa shape index (κ3) is 2.21. The van der Waals surface area contributed by atoms with E-state index in [2.05, 4.69) is 33.9 Å². The first-order valence-corrected chi connectivity index (χ1v) is 6.03. The fraction of sp³-hybridized carbons (Fsp3) is 0.250. The van der Waals surface area contributed by atoms with Gasteiger partial charge in [0.25, 0.3) is 0 Å². The molecule has 0 saturated heterocycles. The number of nitrogens with zero attached hydrogens (tertiary/aromatic N) is 1. The molecule has 84 valence electrons. The van der Waals surface area contributed by atoms with Crippen LogP contribution in [-0.2, 0) is 11.3 Å². The van der Waals surface area contributed by atoms with Crippen LogP contribution in [0.2, 0.25) is 5.15 Å². The number of methoxy groups -OCH3 is 1. The first kappa shape index (κ1) is 11.8. The van der Waals surface area contributed by atoms with Crippen LogP contribution in [0.15, 0.2) is 22.7 Å². The van der Waals surface area contributed by atoms with Crippen LogP contribution in [0.3, 0.4) is 0 Å². The highest BCUT2D eigenvalue weighted by atomic mass is 79.9. The van der Waals surface area contributed by atoms with E-state index in [-0.39, 0.29) is 0 Å². The molecule has 2 rings (SSSR count). The Morgan fingerprint density at radius 3 is 2.81 bits per heavy atom. The van der Waals surface area contributed by atoms with E-state index in [9.17, 15) is 0 Å². The molecule has 0 aliphatic carbocycles. The quantitative estimate of drug-likeness (QED) is 0.779. The molecule has 2 nitrogen and oxygen atoms in total. The SMILES string of the molecule is COCc1cc(Cl)nc2cc(Br)c(C)cc12. The maximum atomic E-state index is 5.97. The fourth-order valence-electron chi connectivity index (χ4n) is 1.66. The van der Waals surface area contributed by atoms with Crippen molar-refractivity contribution in [2.45, 2.75) is 13.5 Å². The number of benzene rings is 1. The molecule has 0 aliphatic rings. The summed E-state index contributed by atoms with van der Waals surface area (Å²) in [7, 11) is 1.67. The Balaban J connectivity index is 2.74. The van der Waals surface area contributed by atoms with Crippen LogP contribution < -0.4 is 0 Å². The Bertz CT molecular complexity index is 542. The molecule has 0 atom stereocenters. The Morgan fingerprint density at radius 1 is 1.38 bits per heavy atom. The van der Waals surface area contributed by atoms with Gasteiger partial charge in [-0.25, -0.2) is 4.98 Å². The van der Waals surface area contributed by atoms with E-state index in [4.69, 9.17) is 16.3 Å². The zero-order valence-electron chi connectivity index (χ0n) is 9.05. The number of hydrogen-bond acceptors (Lipinski definition) is 2. The molecule has 1 aromatic carbocycles. The second-order valence-corrected chi connectivity index (χ2v) is 4.90. The van der Waals surface area contributed by atoms with Gasteiger partial charge in [0.2, 0.25) is 0 Å². The van der Waals surface area contributed by atoms with Crippen molar-refractivity contribution in [1.29, 1.82) is 0 Å². The Kier molecular flexibility index (Phi) is 3.47. The van der Waals surface area contributed by atoms with Crippen LogP contribution in [0.25, 0.3) is 10.9 Å². The second-order valence-electron chi connectivity index (χ2n) is 3.66. The predicted octanol–water partition coefficient (Wildman–Crippen LogP) is 4.11. The molecular weight excluding hydrogens is 289 g/mol. The van der Waals surface area contributed by atoms with E-state index >= 15 is 0 Å². The number of ether oxygens (including phenoxy) is 1. The molecule has 0 bridgehead atoms. The molecular formula is C12H11BrClNO. The summed E-state index contributed by atoms with van der Waals surface area (Å²) in [6.45, 7) is 2.59. The van der Waals surface area contributed by atoms with Gasteiger partial charge in [0.05, 0.1) is 12.1 Å². The molecule has 0 amide bonds. The Hall–Kier alpha value is -0.640. The van der Waals surface area contributed by atoms with Crippen molar-refractivity contribution in [1.82, 2.24) is 4.98 Å². The highest BCUT2D eigenvalue weighted by Gasteiger charge is 2.07. The molecule has 4 heteroatoms. The van der Waals surface area contributed by atoms with Crippen LogP contribution in [0, 0.1) is 6.92 Å². The molecule has 0 aliphatic heterocycles. The summed E-state index contributed by atoms with van der Waals surface area (Å²) in [5, 5.41) is 1.59. The van der Waals surface area contributed by atoms with E-state index in [0.717, 1.165) is 20.9 Å². The molecule has 1 aromatic heterocycles. The maximum absolute atomic E-state index is 5.97. The average molecular weight is 301 g/mol. The molecule has 0 unspecified atom stereocenters. The summed E-state index contributed by atoms with van der Waals surface area (Å²) in [5.41, 5.74) is 3.12. The van der Waals surface area contributed by atoms with Gasteiger partial charge in [-0.05, 0) is 36.2 Å². The molecule has 16 heavy (non-hydrogen) atoms. The van der Waals surface area contributed by atoms with Gasteiger partial charge in [0.1, 0.15) is 5.15 Å². The maximum Gasteiger partial charge on any atom is 0.130 e. The lowest BCUT2D eigenvalue weighted by Crippen LogP contribution is -1.93. The third-order valence-corrected chi connectivity index (χ3v) is 3.49. The lowest BCUT2D eigenvalue weighted by atomic mass is 10.1. The van der Waals surface area contributed by atoms with Gasteiger partial charge in [0.15, 0.2) is 0 Å². The Labute approximate surface area is 108 Å². The van der Waals surface area contributed by atoms with Gasteiger partial charge in [-0.2, -0.15) is 0 Å². The van der Waals surface area contributed by atoms with Crippen molar-refractivity contribution in [3.8, 4) is 0 Å². The summed E-state index contributed by atoms with van der Waals surface area (Å²) >= 11 is 9.46. The summed E-state index contributed by atoms with van der Waals surface area (Å²) in [6.07, 6.45) is 0. The highest BCUT2D eigenvalue weighted by Crippen LogP contribution is 2.27. The van der Waals surface area contributed by atoms with E-state index in [1.165, 1.54) is 5.56 Å². The normalized spacial score (nSPS) is 11.0. The Morgan fingerprint density at radius 2 is 2.12 bits per heavy atom. The van der Waals surface area contributed by atoms with Crippen molar-refractivity contribution in [2.75, 3.05) is 7.11 Å². The van der Waals surface area contributed by atoms with Gasteiger partial charge in [-0.3, -0.25) is 0 Å². The number of aryl methyl sites for hydroxylation is 1. The van der Waals surface area contributed by atoms with Gasteiger partial charge in [0, 0.05) is 17.0 Å². The first-order valence-electron chi connectivity index (χ1n) is 4.86. The minimum Gasteiger partial charge on any atom is -0.380 e. The van der Waals surface area contributed by atoms with E-state index < -0.39 is 0 Å². The second kappa shape index (κ2) is 4.70. The fourth-order valence-corrected chi connectivity index (χ4v) is 2.22. The van der Waals surface area contributed by atoms with E-state index in [1.54, 1.807) is 7.11 Å². The van der Waals surface area contributed by atoms with Gasteiger partial charge in [-0.1, -0.05) is 27.5 Å². The number of hydrogen-bond donors (Lipinski definition) is 0. The zero-order valence-corrected chi connectivity index (χ0v) is 11.4. The van der Waals surface area contributed by atoms with Crippen LogP contribution in [-0.4, -0.2) is 12.1 Å². The highest BCUT2D eigenvalue weighted by molar-refractivity contribution is 9.10. The molecule has 1 heterocycles. The lowest BCUT2D eigenvalue weighted by Gasteiger charge is -2.08. The van der Waals surface area contributed by atoms with Crippen molar-refractivity contribution >= 4 is 38.4 Å². The van der Waals surface area contributed by atoms with Crippen LogP contribution in [0.1, 0.15) is 11.1 Å². The van der Waals surface area contributed by atoms with Crippen LogP contribution in [0.5, 0.6) is 0 Å². The van der Waals surface area contributed by atoms with E-state index in [1.807, 2.05) is 12.1 Å². The standard InChI is InChI=1S/C12H11BrClNO/c1-7-3-9-8(6-16-2)4-12(14)15-11(9)5-10(7)13/h3-5H,6H2,1-2H3. The van der Waals surface area contributed by atoms with Gasteiger partial charge >= 0.3 is 0 Å². The molecule has 0 fully saturated rings. The average Bonchev–Trinajstić information content (AvgIpc) is 2.21. The van der Waals surface area contributed by atoms with Crippen LogP contribution in [0.4, 0.5) is 0 Å². The number of halogens is 2. The summed E-state index contributed by atoms with van der Waals surface area (Å²) in [6, 6.07) is 5.92. The van der Waals surface area contributed by atoms with Crippen molar-refractivity contribution < 1.29 is 4.74 Å². The monoisotopic (exact) mass is 299 g/mol.